The van der Waals surface area contributed by atoms with Crippen molar-refractivity contribution in [1.82, 2.24) is 0 Å². The zero-order chi connectivity index (χ0) is 14.4. The predicted molar refractivity (Wildman–Crippen MR) is 77.0 cm³/mol. The van der Waals surface area contributed by atoms with Gasteiger partial charge in [0.25, 0.3) is 0 Å². The van der Waals surface area contributed by atoms with Crippen LogP contribution in [0.25, 0.3) is 0 Å². The topological polar surface area (TPSA) is 44.8 Å². The molecule has 4 nitrogen and oxygen atoms in total. The third-order valence-corrected chi connectivity index (χ3v) is 2.85. The molecule has 0 fully saturated rings. The van der Waals surface area contributed by atoms with Crippen LogP contribution in [0.5, 0.6) is 11.5 Å². The first-order valence-electron chi connectivity index (χ1n) is 6.29. The molecule has 0 bridgehead atoms. The Bertz CT molecular complexity index is 443. The van der Waals surface area contributed by atoms with Gasteiger partial charge >= 0.3 is 5.97 Å². The van der Waals surface area contributed by atoms with Gasteiger partial charge < -0.3 is 14.2 Å². The van der Waals surface area contributed by atoms with Crippen molar-refractivity contribution in [2.45, 2.75) is 33.8 Å². The molecule has 0 aliphatic rings. The molecule has 0 aliphatic heterocycles. The van der Waals surface area contributed by atoms with Crippen molar-refractivity contribution in [2.75, 3.05) is 13.2 Å². The molecule has 0 aromatic heterocycles. The number of hydrogen-bond acceptors (Lipinski definition) is 4. The lowest BCUT2D eigenvalue weighted by molar-refractivity contribution is 0.0376. The molecule has 5 heteroatoms. The molecule has 1 aromatic carbocycles. The van der Waals surface area contributed by atoms with Crippen molar-refractivity contribution in [3.8, 4) is 11.5 Å². The molecule has 0 saturated carbocycles. The van der Waals surface area contributed by atoms with Crippen LogP contribution in [0.3, 0.4) is 0 Å². The van der Waals surface area contributed by atoms with E-state index >= 15 is 0 Å². The summed E-state index contributed by atoms with van der Waals surface area (Å²) in [7, 11) is 0. The molecule has 0 N–H and O–H groups in total. The number of ether oxygens (including phenoxy) is 3. The average molecular weight is 331 g/mol. The summed E-state index contributed by atoms with van der Waals surface area (Å²) in [6.07, 6.45) is -0.165. The molecule has 0 spiro atoms. The third-order valence-electron chi connectivity index (χ3n) is 2.20. The Balaban J connectivity index is 3.12. The van der Waals surface area contributed by atoms with Crippen molar-refractivity contribution in [2.24, 2.45) is 0 Å². The fourth-order valence-electron chi connectivity index (χ4n) is 1.51. The molecular weight excluding hydrogens is 312 g/mol. The lowest BCUT2D eigenvalue weighted by Gasteiger charge is -2.14. The minimum absolute atomic E-state index is 0.165. The standard InChI is InChI=1S/C14H19BrO4/c1-5-17-12-7-10(14(16)19-9(3)4)11(15)8-13(12)18-6-2/h7-9H,5-6H2,1-4H3. The van der Waals surface area contributed by atoms with E-state index in [9.17, 15) is 4.79 Å². The van der Waals surface area contributed by atoms with Gasteiger partial charge in [-0.2, -0.15) is 0 Å². The molecule has 0 heterocycles. The summed E-state index contributed by atoms with van der Waals surface area (Å²) >= 11 is 3.36. The lowest BCUT2D eigenvalue weighted by Crippen LogP contribution is -2.12. The molecule has 1 rings (SSSR count). The quantitative estimate of drug-likeness (QED) is 0.744. The summed E-state index contributed by atoms with van der Waals surface area (Å²) in [5.74, 6) is 0.770. The van der Waals surface area contributed by atoms with E-state index in [1.165, 1.54) is 0 Å². The molecule has 0 saturated heterocycles. The van der Waals surface area contributed by atoms with Crippen LogP contribution >= 0.6 is 15.9 Å². The Labute approximate surface area is 122 Å². The Morgan fingerprint density at radius 2 is 1.68 bits per heavy atom. The Kier molecular flexibility index (Phi) is 6.15. The van der Waals surface area contributed by atoms with Gasteiger partial charge in [0.15, 0.2) is 11.5 Å². The first-order valence-corrected chi connectivity index (χ1v) is 7.09. The third kappa shape index (κ3) is 4.42. The van der Waals surface area contributed by atoms with Gasteiger partial charge in [-0.25, -0.2) is 4.79 Å². The largest absolute Gasteiger partial charge is 0.490 e. The van der Waals surface area contributed by atoms with Crippen LogP contribution in [0, 0.1) is 0 Å². The van der Waals surface area contributed by atoms with Gasteiger partial charge in [-0.1, -0.05) is 0 Å². The second-order valence-electron chi connectivity index (χ2n) is 4.10. The highest BCUT2D eigenvalue weighted by Gasteiger charge is 2.18. The minimum atomic E-state index is -0.383. The van der Waals surface area contributed by atoms with E-state index in [1.54, 1.807) is 12.1 Å². The minimum Gasteiger partial charge on any atom is -0.490 e. The van der Waals surface area contributed by atoms with Gasteiger partial charge in [0, 0.05) is 4.47 Å². The van der Waals surface area contributed by atoms with E-state index < -0.39 is 0 Å². The van der Waals surface area contributed by atoms with Gasteiger partial charge in [0.1, 0.15) is 0 Å². The number of carbonyl (C=O) groups excluding carboxylic acids is 1. The van der Waals surface area contributed by atoms with Crippen LogP contribution < -0.4 is 9.47 Å². The summed E-state index contributed by atoms with van der Waals surface area (Å²) in [6.45, 7) is 8.42. The van der Waals surface area contributed by atoms with Crippen molar-refractivity contribution in [3.05, 3.63) is 22.2 Å². The summed E-state index contributed by atoms with van der Waals surface area (Å²) in [4.78, 5) is 12.0. The van der Waals surface area contributed by atoms with Crippen molar-refractivity contribution < 1.29 is 19.0 Å². The Hall–Kier alpha value is -1.23. The van der Waals surface area contributed by atoms with E-state index in [0.29, 0.717) is 34.7 Å². The maximum atomic E-state index is 12.0. The second-order valence-corrected chi connectivity index (χ2v) is 4.95. The number of carbonyl (C=O) groups is 1. The van der Waals surface area contributed by atoms with Crippen LogP contribution in [0.15, 0.2) is 16.6 Å². The van der Waals surface area contributed by atoms with E-state index in [2.05, 4.69) is 15.9 Å². The first kappa shape index (κ1) is 15.8. The fraction of sp³-hybridized carbons (Fsp3) is 0.500. The molecule has 0 unspecified atom stereocenters. The monoisotopic (exact) mass is 330 g/mol. The van der Waals surface area contributed by atoms with Gasteiger partial charge in [0.2, 0.25) is 0 Å². The predicted octanol–water partition coefficient (Wildman–Crippen LogP) is 3.81. The van der Waals surface area contributed by atoms with Crippen LogP contribution in [0.1, 0.15) is 38.1 Å². The maximum absolute atomic E-state index is 12.0. The van der Waals surface area contributed by atoms with E-state index in [0.717, 1.165) is 0 Å². The SMILES string of the molecule is CCOc1cc(Br)c(C(=O)OC(C)C)cc1OCC. The number of halogens is 1. The summed E-state index contributed by atoms with van der Waals surface area (Å²) in [5, 5.41) is 0. The molecule has 19 heavy (non-hydrogen) atoms. The number of benzene rings is 1. The molecule has 0 aliphatic carbocycles. The fourth-order valence-corrected chi connectivity index (χ4v) is 1.99. The molecule has 0 atom stereocenters. The smallest absolute Gasteiger partial charge is 0.339 e. The van der Waals surface area contributed by atoms with Crippen LogP contribution in [0.2, 0.25) is 0 Å². The molecular formula is C14H19BrO4. The zero-order valence-corrected chi connectivity index (χ0v) is 13.2. The summed E-state index contributed by atoms with van der Waals surface area (Å²) < 4.78 is 16.8. The van der Waals surface area contributed by atoms with E-state index in [-0.39, 0.29) is 12.1 Å². The lowest BCUT2D eigenvalue weighted by atomic mass is 10.2. The highest BCUT2D eigenvalue weighted by molar-refractivity contribution is 9.10. The van der Waals surface area contributed by atoms with Crippen LogP contribution in [-0.4, -0.2) is 25.3 Å². The first-order chi connectivity index (χ1) is 8.99. The maximum Gasteiger partial charge on any atom is 0.339 e. The van der Waals surface area contributed by atoms with Gasteiger partial charge in [-0.05, 0) is 55.8 Å². The molecule has 0 radical (unpaired) electrons. The number of rotatable bonds is 6. The van der Waals surface area contributed by atoms with Gasteiger partial charge in [-0.15, -0.1) is 0 Å². The van der Waals surface area contributed by atoms with Crippen molar-refractivity contribution in [3.63, 3.8) is 0 Å². The average Bonchev–Trinajstić information content (AvgIpc) is 2.31. The van der Waals surface area contributed by atoms with Gasteiger partial charge in [0.05, 0.1) is 24.9 Å². The Morgan fingerprint density at radius 1 is 1.16 bits per heavy atom. The van der Waals surface area contributed by atoms with E-state index in [1.807, 2.05) is 27.7 Å². The van der Waals surface area contributed by atoms with E-state index in [4.69, 9.17) is 14.2 Å². The van der Waals surface area contributed by atoms with Crippen LogP contribution in [-0.2, 0) is 4.74 Å². The van der Waals surface area contributed by atoms with Crippen molar-refractivity contribution in [1.29, 1.82) is 0 Å². The molecule has 1 aromatic rings. The summed E-state index contributed by atoms with van der Waals surface area (Å²) in [5.41, 5.74) is 0.431. The second kappa shape index (κ2) is 7.38. The summed E-state index contributed by atoms with van der Waals surface area (Å²) in [6, 6.07) is 3.37. The highest BCUT2D eigenvalue weighted by atomic mass is 79.9. The normalized spacial score (nSPS) is 10.4. The van der Waals surface area contributed by atoms with Crippen LogP contribution in [0.4, 0.5) is 0 Å². The highest BCUT2D eigenvalue weighted by Crippen LogP contribution is 2.34. The van der Waals surface area contributed by atoms with Gasteiger partial charge in [-0.3, -0.25) is 0 Å². The number of hydrogen-bond donors (Lipinski definition) is 0. The van der Waals surface area contributed by atoms with Crippen molar-refractivity contribution >= 4 is 21.9 Å². The number of esters is 1. The molecule has 106 valence electrons. The zero-order valence-electron chi connectivity index (χ0n) is 11.7. The Morgan fingerprint density at radius 3 is 2.16 bits per heavy atom. The molecule has 0 amide bonds.